The van der Waals surface area contributed by atoms with Gasteiger partial charge in [0.05, 0.1) is 0 Å². The van der Waals surface area contributed by atoms with Crippen molar-refractivity contribution in [1.29, 1.82) is 0 Å². The van der Waals surface area contributed by atoms with Gasteiger partial charge >= 0.3 is 0 Å². The van der Waals surface area contributed by atoms with Crippen LogP contribution in [0.15, 0.2) is 43.5 Å². The predicted octanol–water partition coefficient (Wildman–Crippen LogP) is 2.46. The van der Waals surface area contributed by atoms with Gasteiger partial charge in [-0.15, -0.1) is 13.2 Å². The van der Waals surface area contributed by atoms with Crippen molar-refractivity contribution in [2.24, 2.45) is 5.73 Å². The van der Waals surface area contributed by atoms with Crippen LogP contribution in [0.1, 0.15) is 11.1 Å². The fourth-order valence-electron chi connectivity index (χ4n) is 1.69. The molecule has 0 atom stereocenters. The summed E-state index contributed by atoms with van der Waals surface area (Å²) >= 11 is 0. The summed E-state index contributed by atoms with van der Waals surface area (Å²) in [6.45, 7) is 9.76. The summed E-state index contributed by atoms with van der Waals surface area (Å²) in [6, 6.07) is 5.00. The monoisotopic (exact) mass is 234 g/mol. The summed E-state index contributed by atoms with van der Waals surface area (Å²) in [7, 11) is 0. The molecule has 2 N–H and O–H groups in total. The highest BCUT2D eigenvalue weighted by Crippen LogP contribution is 2.13. The van der Waals surface area contributed by atoms with Crippen LogP contribution in [0.5, 0.6) is 0 Å². The molecule has 0 heterocycles. The maximum absolute atomic E-state index is 13.6. The van der Waals surface area contributed by atoms with Crippen LogP contribution in [0.2, 0.25) is 0 Å². The smallest absolute Gasteiger partial charge is 0.127 e. The minimum atomic E-state index is -0.194. The van der Waals surface area contributed by atoms with E-state index in [1.807, 2.05) is 6.07 Å². The molecule has 0 saturated carbocycles. The van der Waals surface area contributed by atoms with E-state index in [0.29, 0.717) is 31.7 Å². The SMILES string of the molecule is C=CCN(CC=C)Cc1cc(CN)ccc1F. The van der Waals surface area contributed by atoms with Gasteiger partial charge in [-0.1, -0.05) is 24.3 Å². The first-order chi connectivity index (χ1) is 8.21. The van der Waals surface area contributed by atoms with Crippen LogP contribution in [0.3, 0.4) is 0 Å². The Morgan fingerprint density at radius 2 is 1.88 bits per heavy atom. The van der Waals surface area contributed by atoms with E-state index in [4.69, 9.17) is 5.73 Å². The summed E-state index contributed by atoms with van der Waals surface area (Å²) in [5.74, 6) is -0.194. The summed E-state index contributed by atoms with van der Waals surface area (Å²) in [6.07, 6.45) is 3.60. The highest BCUT2D eigenvalue weighted by atomic mass is 19.1. The van der Waals surface area contributed by atoms with Crippen molar-refractivity contribution in [1.82, 2.24) is 4.90 Å². The van der Waals surface area contributed by atoms with Gasteiger partial charge in [-0.05, 0) is 11.6 Å². The van der Waals surface area contributed by atoms with Crippen molar-refractivity contribution in [3.8, 4) is 0 Å². The van der Waals surface area contributed by atoms with Crippen molar-refractivity contribution >= 4 is 0 Å². The molecule has 0 bridgehead atoms. The number of halogens is 1. The fraction of sp³-hybridized carbons (Fsp3) is 0.286. The zero-order valence-corrected chi connectivity index (χ0v) is 10.0. The van der Waals surface area contributed by atoms with Crippen LogP contribution >= 0.6 is 0 Å². The molecule has 0 unspecified atom stereocenters. The number of nitrogens with two attached hydrogens (primary N) is 1. The third-order valence-corrected chi connectivity index (χ3v) is 2.51. The minimum absolute atomic E-state index is 0.194. The Labute approximate surface area is 102 Å². The van der Waals surface area contributed by atoms with Gasteiger partial charge in [0.25, 0.3) is 0 Å². The summed E-state index contributed by atoms with van der Waals surface area (Å²) in [5.41, 5.74) is 7.16. The maximum Gasteiger partial charge on any atom is 0.127 e. The molecule has 0 amide bonds. The molecule has 1 aromatic rings. The lowest BCUT2D eigenvalue weighted by Gasteiger charge is -2.19. The molecular weight excluding hydrogens is 215 g/mol. The van der Waals surface area contributed by atoms with Crippen LogP contribution in [0, 0.1) is 5.82 Å². The number of benzene rings is 1. The van der Waals surface area contributed by atoms with Gasteiger partial charge in [-0.3, -0.25) is 4.90 Å². The molecule has 0 aliphatic rings. The molecule has 0 spiro atoms. The predicted molar refractivity (Wildman–Crippen MR) is 70.0 cm³/mol. The van der Waals surface area contributed by atoms with Gasteiger partial charge in [-0.2, -0.15) is 0 Å². The second-order valence-corrected chi connectivity index (χ2v) is 3.90. The first-order valence-electron chi connectivity index (χ1n) is 5.62. The second-order valence-electron chi connectivity index (χ2n) is 3.90. The van der Waals surface area contributed by atoms with Crippen molar-refractivity contribution in [2.45, 2.75) is 13.1 Å². The standard InChI is InChI=1S/C14H19FN2/c1-3-7-17(8-4-2)11-13-9-12(10-16)5-6-14(13)15/h3-6,9H,1-2,7-8,10-11,16H2. The molecule has 0 aliphatic carbocycles. The Morgan fingerprint density at radius 1 is 1.24 bits per heavy atom. The van der Waals surface area contributed by atoms with E-state index in [2.05, 4.69) is 18.1 Å². The van der Waals surface area contributed by atoms with Crippen molar-refractivity contribution in [3.63, 3.8) is 0 Å². The van der Waals surface area contributed by atoms with Crippen molar-refractivity contribution in [3.05, 3.63) is 60.5 Å². The topological polar surface area (TPSA) is 29.3 Å². The van der Waals surface area contributed by atoms with Crippen LogP contribution in [-0.2, 0) is 13.1 Å². The number of hydrogen-bond acceptors (Lipinski definition) is 2. The molecule has 2 nitrogen and oxygen atoms in total. The summed E-state index contributed by atoms with van der Waals surface area (Å²) in [4.78, 5) is 2.05. The third kappa shape index (κ3) is 4.13. The van der Waals surface area contributed by atoms with E-state index < -0.39 is 0 Å². The Balaban J connectivity index is 2.82. The lowest BCUT2D eigenvalue weighted by Crippen LogP contribution is -2.24. The number of rotatable bonds is 7. The van der Waals surface area contributed by atoms with Gasteiger partial charge in [-0.25, -0.2) is 4.39 Å². The van der Waals surface area contributed by atoms with Crippen LogP contribution in [-0.4, -0.2) is 18.0 Å². The van der Waals surface area contributed by atoms with Gasteiger partial charge in [0.1, 0.15) is 5.82 Å². The number of nitrogens with zero attached hydrogens (tertiary/aromatic N) is 1. The molecule has 0 fully saturated rings. The first kappa shape index (κ1) is 13.6. The molecule has 92 valence electrons. The molecule has 3 heteroatoms. The highest BCUT2D eigenvalue weighted by molar-refractivity contribution is 5.25. The Bertz CT molecular complexity index is 378. The van der Waals surface area contributed by atoms with Gasteiger partial charge in [0, 0.05) is 31.7 Å². The van der Waals surface area contributed by atoms with E-state index in [1.54, 1.807) is 18.2 Å². The summed E-state index contributed by atoms with van der Waals surface area (Å²) in [5, 5.41) is 0. The normalized spacial score (nSPS) is 10.5. The van der Waals surface area contributed by atoms with E-state index in [9.17, 15) is 4.39 Å². The number of hydrogen-bond donors (Lipinski definition) is 1. The third-order valence-electron chi connectivity index (χ3n) is 2.51. The second kappa shape index (κ2) is 6.99. The Morgan fingerprint density at radius 3 is 2.41 bits per heavy atom. The zero-order chi connectivity index (χ0) is 12.7. The molecule has 1 rings (SSSR count). The van der Waals surface area contributed by atoms with Gasteiger partial charge in [0.2, 0.25) is 0 Å². The van der Waals surface area contributed by atoms with E-state index in [1.165, 1.54) is 6.07 Å². The Kier molecular flexibility index (Phi) is 5.60. The van der Waals surface area contributed by atoms with E-state index >= 15 is 0 Å². The lowest BCUT2D eigenvalue weighted by molar-refractivity contribution is 0.322. The van der Waals surface area contributed by atoms with Crippen molar-refractivity contribution < 1.29 is 4.39 Å². The van der Waals surface area contributed by atoms with Gasteiger partial charge < -0.3 is 5.73 Å². The molecule has 0 radical (unpaired) electrons. The first-order valence-corrected chi connectivity index (χ1v) is 5.62. The van der Waals surface area contributed by atoms with Crippen LogP contribution in [0.25, 0.3) is 0 Å². The average molecular weight is 234 g/mol. The largest absolute Gasteiger partial charge is 0.326 e. The molecule has 0 aromatic heterocycles. The van der Waals surface area contributed by atoms with Crippen LogP contribution < -0.4 is 5.73 Å². The maximum atomic E-state index is 13.6. The molecule has 0 saturated heterocycles. The Hall–Kier alpha value is -1.45. The minimum Gasteiger partial charge on any atom is -0.326 e. The highest BCUT2D eigenvalue weighted by Gasteiger charge is 2.07. The molecule has 1 aromatic carbocycles. The fourth-order valence-corrected chi connectivity index (χ4v) is 1.69. The lowest BCUT2D eigenvalue weighted by atomic mass is 10.1. The molecule has 17 heavy (non-hydrogen) atoms. The van der Waals surface area contributed by atoms with Gasteiger partial charge in [0.15, 0.2) is 0 Å². The van der Waals surface area contributed by atoms with E-state index in [0.717, 1.165) is 5.56 Å². The summed E-state index contributed by atoms with van der Waals surface area (Å²) < 4.78 is 13.6. The van der Waals surface area contributed by atoms with E-state index in [-0.39, 0.29) is 5.82 Å². The van der Waals surface area contributed by atoms with Crippen LogP contribution in [0.4, 0.5) is 4.39 Å². The zero-order valence-electron chi connectivity index (χ0n) is 10.0. The molecular formula is C14H19FN2. The average Bonchev–Trinajstić information content (AvgIpc) is 2.32. The quantitative estimate of drug-likeness (QED) is 0.734. The van der Waals surface area contributed by atoms with Crippen molar-refractivity contribution in [2.75, 3.05) is 13.1 Å². The molecule has 0 aliphatic heterocycles.